The van der Waals surface area contributed by atoms with Gasteiger partial charge in [0.2, 0.25) is 5.91 Å². The minimum Gasteiger partial charge on any atom is -0.336 e. The van der Waals surface area contributed by atoms with E-state index in [2.05, 4.69) is 26.3 Å². The zero-order valence-corrected chi connectivity index (χ0v) is 19.5. The molecule has 4 heterocycles. The summed E-state index contributed by atoms with van der Waals surface area (Å²) in [4.78, 5) is 30.6. The van der Waals surface area contributed by atoms with Gasteiger partial charge in [-0.3, -0.25) is 24.3 Å². The molecule has 10 heteroatoms. The summed E-state index contributed by atoms with van der Waals surface area (Å²) in [6.07, 6.45) is 6.46. The van der Waals surface area contributed by atoms with E-state index >= 15 is 0 Å². The van der Waals surface area contributed by atoms with Crippen molar-refractivity contribution in [2.45, 2.75) is 19.4 Å². The fraction of sp³-hybridized carbons (Fsp3) is 0.391. The molecule has 0 spiro atoms. The molecule has 172 valence electrons. The fourth-order valence-corrected chi connectivity index (χ4v) is 5.01. The van der Waals surface area contributed by atoms with Crippen LogP contribution in [-0.2, 0) is 24.8 Å². The predicted molar refractivity (Wildman–Crippen MR) is 125 cm³/mol. The van der Waals surface area contributed by atoms with Crippen LogP contribution in [0.5, 0.6) is 0 Å². The first kappa shape index (κ1) is 21.7. The van der Waals surface area contributed by atoms with Crippen molar-refractivity contribution in [1.82, 2.24) is 29.8 Å². The number of benzene rings is 1. The number of hydrogen-bond acceptors (Lipinski definition) is 5. The molecule has 3 aromatic rings. The molecule has 0 radical (unpaired) electrons. The van der Waals surface area contributed by atoms with Gasteiger partial charge in [-0.15, -0.1) is 0 Å². The number of nitrogens with zero attached hydrogens (tertiary/aromatic N) is 6. The highest BCUT2D eigenvalue weighted by Gasteiger charge is 2.26. The van der Waals surface area contributed by atoms with Crippen molar-refractivity contribution in [3.63, 3.8) is 0 Å². The molecule has 2 amide bonds. The number of anilines is 1. The van der Waals surface area contributed by atoms with Crippen LogP contribution in [-0.4, -0.2) is 74.8 Å². The molecule has 2 aliphatic heterocycles. The summed E-state index contributed by atoms with van der Waals surface area (Å²) in [6.45, 7) is 3.65. The van der Waals surface area contributed by atoms with Crippen LogP contribution in [0.15, 0.2) is 30.7 Å². The van der Waals surface area contributed by atoms with Crippen LogP contribution >= 0.6 is 11.6 Å². The Morgan fingerprint density at radius 2 is 1.94 bits per heavy atom. The Kier molecular flexibility index (Phi) is 5.67. The van der Waals surface area contributed by atoms with Crippen LogP contribution in [0.25, 0.3) is 11.3 Å². The Hall–Kier alpha value is -3.17. The van der Waals surface area contributed by atoms with Crippen LogP contribution in [0.3, 0.4) is 0 Å². The first-order valence-electron chi connectivity index (χ1n) is 11.0. The quantitative estimate of drug-likeness (QED) is 0.636. The molecule has 5 rings (SSSR count). The number of amides is 2. The van der Waals surface area contributed by atoms with Gasteiger partial charge in [-0.25, -0.2) is 0 Å². The molecule has 1 N–H and O–H groups in total. The van der Waals surface area contributed by atoms with Gasteiger partial charge in [-0.05, 0) is 24.1 Å². The third kappa shape index (κ3) is 4.14. The number of piperazine rings is 1. The highest BCUT2D eigenvalue weighted by atomic mass is 35.5. The molecule has 9 nitrogen and oxygen atoms in total. The minimum absolute atomic E-state index is 0.0268. The second-order valence-electron chi connectivity index (χ2n) is 8.65. The molecule has 0 atom stereocenters. The summed E-state index contributed by atoms with van der Waals surface area (Å²) in [5.41, 5.74) is 5.38. The molecule has 0 aliphatic carbocycles. The molecular formula is C23H26ClN7O2. The van der Waals surface area contributed by atoms with Crippen LogP contribution in [0.2, 0.25) is 5.02 Å². The number of H-pyrrole nitrogens is 1. The van der Waals surface area contributed by atoms with Crippen molar-refractivity contribution in [3.8, 4) is 11.3 Å². The van der Waals surface area contributed by atoms with Crippen molar-refractivity contribution in [3.05, 3.63) is 52.4 Å². The molecular weight excluding hydrogens is 442 g/mol. The number of hydrogen-bond donors (Lipinski definition) is 1. The number of nitrogens with one attached hydrogen (secondary N) is 1. The Labute approximate surface area is 196 Å². The maximum absolute atomic E-state index is 12.7. The monoisotopic (exact) mass is 467 g/mol. The standard InChI is InChI=1S/C23H26ClN7O2/c1-28-13-18(12-26-28)23(33)31-7-5-30(6-8-31)14-17-11-25-27-21(17)16-9-15-3-4-20(32)29(2)22(15)19(24)10-16/h9-13H,3-8,14H2,1-2H3,(H,25,27). The number of aromatic nitrogens is 4. The number of carbonyl (C=O) groups excluding carboxylic acids is 2. The maximum Gasteiger partial charge on any atom is 0.257 e. The van der Waals surface area contributed by atoms with Crippen LogP contribution in [0, 0.1) is 0 Å². The van der Waals surface area contributed by atoms with Crippen molar-refractivity contribution >= 4 is 29.1 Å². The topological polar surface area (TPSA) is 90.4 Å². The highest BCUT2D eigenvalue weighted by Crippen LogP contribution is 2.38. The number of carbonyl (C=O) groups is 2. The first-order chi connectivity index (χ1) is 15.9. The Morgan fingerprint density at radius 3 is 2.67 bits per heavy atom. The predicted octanol–water partition coefficient (Wildman–Crippen LogP) is 2.33. The molecule has 0 unspecified atom stereocenters. The van der Waals surface area contributed by atoms with E-state index in [0.29, 0.717) is 36.5 Å². The van der Waals surface area contributed by atoms with Crippen LogP contribution < -0.4 is 4.90 Å². The van der Waals surface area contributed by atoms with Gasteiger partial charge in [-0.2, -0.15) is 10.2 Å². The summed E-state index contributed by atoms with van der Waals surface area (Å²) in [5, 5.41) is 12.2. The van der Waals surface area contributed by atoms with E-state index in [4.69, 9.17) is 11.6 Å². The molecule has 2 aromatic heterocycles. The molecule has 0 saturated carbocycles. The molecule has 0 bridgehead atoms. The smallest absolute Gasteiger partial charge is 0.257 e. The highest BCUT2D eigenvalue weighted by molar-refractivity contribution is 6.34. The van der Waals surface area contributed by atoms with Crippen molar-refractivity contribution < 1.29 is 9.59 Å². The summed E-state index contributed by atoms with van der Waals surface area (Å²) in [5.74, 6) is 0.109. The average Bonchev–Trinajstić information content (AvgIpc) is 3.45. The minimum atomic E-state index is 0.0268. The second-order valence-corrected chi connectivity index (χ2v) is 9.06. The van der Waals surface area contributed by atoms with Gasteiger partial charge < -0.3 is 9.80 Å². The maximum atomic E-state index is 12.7. The van der Waals surface area contributed by atoms with E-state index in [0.717, 1.165) is 47.7 Å². The third-order valence-electron chi connectivity index (χ3n) is 6.46. The van der Waals surface area contributed by atoms with E-state index in [9.17, 15) is 9.59 Å². The molecule has 1 aromatic carbocycles. The molecule has 1 fully saturated rings. The van der Waals surface area contributed by atoms with Crippen molar-refractivity contribution in [1.29, 1.82) is 0 Å². The van der Waals surface area contributed by atoms with Gasteiger partial charge in [0, 0.05) is 76.8 Å². The van der Waals surface area contributed by atoms with Gasteiger partial charge in [0.25, 0.3) is 5.91 Å². The van der Waals surface area contributed by atoms with E-state index in [1.807, 2.05) is 24.2 Å². The van der Waals surface area contributed by atoms with Gasteiger partial charge in [0.15, 0.2) is 0 Å². The fourth-order valence-electron chi connectivity index (χ4n) is 4.64. The third-order valence-corrected chi connectivity index (χ3v) is 6.75. The molecule has 33 heavy (non-hydrogen) atoms. The number of halogens is 1. The van der Waals surface area contributed by atoms with Crippen LogP contribution in [0.1, 0.15) is 27.9 Å². The van der Waals surface area contributed by atoms with Crippen LogP contribution in [0.4, 0.5) is 5.69 Å². The lowest BCUT2D eigenvalue weighted by Crippen LogP contribution is -2.48. The van der Waals surface area contributed by atoms with Gasteiger partial charge in [0.1, 0.15) is 0 Å². The average molecular weight is 468 g/mol. The largest absolute Gasteiger partial charge is 0.336 e. The zero-order valence-electron chi connectivity index (χ0n) is 18.7. The van der Waals surface area contributed by atoms with E-state index < -0.39 is 0 Å². The van der Waals surface area contributed by atoms with Crippen molar-refractivity contribution in [2.75, 3.05) is 38.1 Å². The van der Waals surface area contributed by atoms with E-state index in [1.165, 1.54) is 0 Å². The SMILES string of the molecule is CN1C(=O)CCc2cc(-c3n[nH]cc3CN3CCN(C(=O)c4cnn(C)c4)CC3)cc(Cl)c21. The summed E-state index contributed by atoms with van der Waals surface area (Å²) >= 11 is 6.58. The number of rotatable bonds is 4. The summed E-state index contributed by atoms with van der Waals surface area (Å²) in [6, 6.07) is 3.98. The normalized spacial score (nSPS) is 16.9. The second kappa shape index (κ2) is 8.64. The van der Waals surface area contributed by atoms with Crippen molar-refractivity contribution in [2.24, 2.45) is 7.05 Å². The van der Waals surface area contributed by atoms with E-state index in [-0.39, 0.29) is 11.8 Å². The van der Waals surface area contributed by atoms with Gasteiger partial charge in [-0.1, -0.05) is 11.6 Å². The first-order valence-corrected chi connectivity index (χ1v) is 11.4. The summed E-state index contributed by atoms with van der Waals surface area (Å²) in [7, 11) is 3.58. The Bertz CT molecular complexity index is 1210. The lowest BCUT2D eigenvalue weighted by molar-refractivity contribution is -0.118. The lowest BCUT2D eigenvalue weighted by Gasteiger charge is -2.34. The van der Waals surface area contributed by atoms with Gasteiger partial charge >= 0.3 is 0 Å². The molecule has 2 aliphatic rings. The number of aryl methyl sites for hydroxylation is 2. The number of aromatic amines is 1. The molecule has 1 saturated heterocycles. The zero-order chi connectivity index (χ0) is 23.1. The van der Waals surface area contributed by atoms with Gasteiger partial charge in [0.05, 0.1) is 28.2 Å². The lowest BCUT2D eigenvalue weighted by atomic mass is 9.97. The van der Waals surface area contributed by atoms with E-state index in [1.54, 1.807) is 29.0 Å². The Morgan fingerprint density at radius 1 is 1.15 bits per heavy atom. The summed E-state index contributed by atoms with van der Waals surface area (Å²) < 4.78 is 1.65. The Balaban J connectivity index is 1.28. The number of fused-ring (bicyclic) bond motifs is 1.